The number of benzene rings is 1. The molecule has 1 heterocycles. The first-order valence-corrected chi connectivity index (χ1v) is 10.5. The fraction of sp³-hybridized carbons (Fsp3) is 0.409. The largest absolute Gasteiger partial charge is 0.416 e. The first-order valence-electron chi connectivity index (χ1n) is 10.1. The molecule has 2 aliphatic carbocycles. The lowest BCUT2D eigenvalue weighted by Gasteiger charge is -2.37. The average Bonchev–Trinajstić information content (AvgIpc) is 3.52. The summed E-state index contributed by atoms with van der Waals surface area (Å²) in [6.45, 7) is 1.39. The van der Waals surface area contributed by atoms with Gasteiger partial charge in [-0.05, 0) is 43.4 Å². The monoisotopic (exact) mass is 467 g/mol. The SMILES string of the molecule is CC1(C(=O)NC[C@@]2(C3CC3)NC(=O)NC2=O)C=CC(C(F)(F)F)=CC1c1ccc(Cl)cc1. The topological polar surface area (TPSA) is 87.3 Å². The lowest BCUT2D eigenvalue weighted by molar-refractivity contribution is -0.130. The lowest BCUT2D eigenvalue weighted by atomic mass is 9.69. The highest BCUT2D eigenvalue weighted by atomic mass is 35.5. The molecule has 1 saturated carbocycles. The second-order valence-corrected chi connectivity index (χ2v) is 9.04. The number of halogens is 4. The van der Waals surface area contributed by atoms with Gasteiger partial charge in [0, 0.05) is 10.9 Å². The van der Waals surface area contributed by atoms with Crippen molar-refractivity contribution in [1.29, 1.82) is 0 Å². The van der Waals surface area contributed by atoms with Crippen LogP contribution in [0.3, 0.4) is 0 Å². The maximum Gasteiger partial charge on any atom is 0.416 e. The third-order valence-electron chi connectivity index (χ3n) is 6.42. The summed E-state index contributed by atoms with van der Waals surface area (Å²) in [5.41, 5.74) is -2.97. The molecule has 1 aromatic rings. The molecule has 3 atom stereocenters. The van der Waals surface area contributed by atoms with Crippen LogP contribution >= 0.6 is 11.6 Å². The molecule has 10 heteroatoms. The fourth-order valence-corrected chi connectivity index (χ4v) is 4.47. The van der Waals surface area contributed by atoms with Gasteiger partial charge in [0.15, 0.2) is 0 Å². The minimum absolute atomic E-state index is 0.104. The molecule has 4 rings (SSSR count). The van der Waals surface area contributed by atoms with Gasteiger partial charge in [0.1, 0.15) is 5.54 Å². The van der Waals surface area contributed by atoms with Crippen LogP contribution < -0.4 is 16.0 Å². The Morgan fingerprint density at radius 1 is 1.22 bits per heavy atom. The van der Waals surface area contributed by atoms with Crippen molar-refractivity contribution in [2.24, 2.45) is 11.3 Å². The van der Waals surface area contributed by atoms with Crippen molar-refractivity contribution in [3.05, 3.63) is 58.7 Å². The van der Waals surface area contributed by atoms with E-state index in [1.165, 1.54) is 6.08 Å². The summed E-state index contributed by atoms with van der Waals surface area (Å²) in [7, 11) is 0. The van der Waals surface area contributed by atoms with E-state index in [9.17, 15) is 27.6 Å². The summed E-state index contributed by atoms with van der Waals surface area (Å²) in [4.78, 5) is 37.4. The number of urea groups is 1. The molecule has 0 spiro atoms. The molecule has 1 saturated heterocycles. The Kier molecular flexibility index (Phi) is 5.35. The Morgan fingerprint density at radius 3 is 2.41 bits per heavy atom. The van der Waals surface area contributed by atoms with E-state index in [1.807, 2.05) is 0 Å². The zero-order valence-corrected chi connectivity index (χ0v) is 17.8. The minimum Gasteiger partial charge on any atom is -0.352 e. The van der Waals surface area contributed by atoms with Crippen molar-refractivity contribution >= 4 is 29.4 Å². The Hall–Kier alpha value is -2.81. The number of carbonyl (C=O) groups is 3. The van der Waals surface area contributed by atoms with E-state index < -0.39 is 46.5 Å². The highest BCUT2D eigenvalue weighted by Gasteiger charge is 2.56. The van der Waals surface area contributed by atoms with Crippen molar-refractivity contribution in [2.45, 2.75) is 37.4 Å². The van der Waals surface area contributed by atoms with Gasteiger partial charge in [-0.2, -0.15) is 13.2 Å². The van der Waals surface area contributed by atoms with Crippen LogP contribution in [-0.4, -0.2) is 36.1 Å². The summed E-state index contributed by atoms with van der Waals surface area (Å²) >= 11 is 5.92. The Labute approximate surface area is 187 Å². The Balaban J connectivity index is 1.62. The smallest absolute Gasteiger partial charge is 0.352 e. The summed E-state index contributed by atoms with van der Waals surface area (Å²) in [5.74, 6) is -2.10. The van der Waals surface area contributed by atoms with Crippen LogP contribution in [0.4, 0.5) is 18.0 Å². The van der Waals surface area contributed by atoms with E-state index in [2.05, 4.69) is 16.0 Å². The molecule has 0 radical (unpaired) electrons. The first kappa shape index (κ1) is 22.4. The third kappa shape index (κ3) is 3.90. The number of nitrogens with one attached hydrogen (secondary N) is 3. The Bertz CT molecular complexity index is 1030. The number of imide groups is 1. The van der Waals surface area contributed by atoms with E-state index >= 15 is 0 Å². The highest BCUT2D eigenvalue weighted by Crippen LogP contribution is 2.46. The number of allylic oxidation sites excluding steroid dienone is 3. The molecular weight excluding hydrogens is 447 g/mol. The maximum absolute atomic E-state index is 13.4. The Morgan fingerprint density at radius 2 is 1.88 bits per heavy atom. The molecule has 3 N–H and O–H groups in total. The van der Waals surface area contributed by atoms with Crippen LogP contribution in [0.25, 0.3) is 0 Å². The predicted molar refractivity (Wildman–Crippen MR) is 111 cm³/mol. The van der Waals surface area contributed by atoms with Crippen molar-refractivity contribution in [2.75, 3.05) is 6.54 Å². The van der Waals surface area contributed by atoms with Gasteiger partial charge in [-0.25, -0.2) is 4.79 Å². The standard InChI is InChI=1S/C22H21ClF3N3O3/c1-20(17(30)27-11-21(13-4-5-13)18(31)28-19(32)29-21)9-8-14(22(24,25)26)10-16(20)12-2-6-15(23)7-3-12/h2-3,6-10,13,16H,4-5,11H2,1H3,(H,27,30)(H2,28,29,31,32)/t16?,20?,21-/m0/s1. The number of hydrogen-bond donors (Lipinski definition) is 3. The number of alkyl halides is 3. The van der Waals surface area contributed by atoms with Gasteiger partial charge in [0.25, 0.3) is 5.91 Å². The third-order valence-corrected chi connectivity index (χ3v) is 6.67. The molecule has 1 aromatic carbocycles. The molecule has 2 fully saturated rings. The fourth-order valence-electron chi connectivity index (χ4n) is 4.34. The van der Waals surface area contributed by atoms with Crippen LogP contribution in [0.5, 0.6) is 0 Å². The molecule has 0 aromatic heterocycles. The van der Waals surface area contributed by atoms with Crippen molar-refractivity contribution in [3.63, 3.8) is 0 Å². The van der Waals surface area contributed by atoms with Crippen LogP contribution in [0.15, 0.2) is 48.1 Å². The molecule has 6 nitrogen and oxygen atoms in total. The van der Waals surface area contributed by atoms with E-state index in [0.717, 1.165) is 25.0 Å². The van der Waals surface area contributed by atoms with Gasteiger partial charge in [-0.1, -0.05) is 42.0 Å². The average molecular weight is 468 g/mol. The molecule has 0 bridgehead atoms. The maximum atomic E-state index is 13.4. The minimum atomic E-state index is -4.57. The van der Waals surface area contributed by atoms with E-state index in [1.54, 1.807) is 31.2 Å². The second-order valence-electron chi connectivity index (χ2n) is 8.60. The van der Waals surface area contributed by atoms with E-state index in [4.69, 9.17) is 11.6 Å². The van der Waals surface area contributed by atoms with Gasteiger partial charge in [0.05, 0.1) is 17.5 Å². The highest BCUT2D eigenvalue weighted by molar-refractivity contribution is 6.30. The first-order chi connectivity index (χ1) is 15.0. The van der Waals surface area contributed by atoms with E-state index in [0.29, 0.717) is 10.6 Å². The summed E-state index contributed by atoms with van der Waals surface area (Å²) in [6.07, 6.45) is 0.0522. The normalized spacial score (nSPS) is 29.9. The van der Waals surface area contributed by atoms with Crippen LogP contribution in [0.1, 0.15) is 31.2 Å². The van der Waals surface area contributed by atoms with Gasteiger partial charge in [-0.15, -0.1) is 0 Å². The lowest BCUT2D eigenvalue weighted by Crippen LogP contribution is -2.58. The zero-order valence-electron chi connectivity index (χ0n) is 17.1. The van der Waals surface area contributed by atoms with Gasteiger partial charge < -0.3 is 10.6 Å². The summed E-state index contributed by atoms with van der Waals surface area (Å²) in [5, 5.41) is 7.95. The number of amides is 4. The van der Waals surface area contributed by atoms with E-state index in [-0.39, 0.29) is 12.5 Å². The van der Waals surface area contributed by atoms with Crippen LogP contribution in [0, 0.1) is 11.3 Å². The molecular formula is C22H21ClF3N3O3. The van der Waals surface area contributed by atoms with Crippen molar-refractivity contribution in [1.82, 2.24) is 16.0 Å². The van der Waals surface area contributed by atoms with Gasteiger partial charge in [-0.3, -0.25) is 14.9 Å². The van der Waals surface area contributed by atoms with Crippen LogP contribution in [-0.2, 0) is 9.59 Å². The molecule has 2 unspecified atom stereocenters. The molecule has 1 aliphatic heterocycles. The summed E-state index contributed by atoms with van der Waals surface area (Å²) < 4.78 is 40.2. The number of rotatable bonds is 5. The summed E-state index contributed by atoms with van der Waals surface area (Å²) in [6, 6.07) is 5.64. The molecule has 4 amide bonds. The number of carbonyl (C=O) groups excluding carboxylic acids is 3. The molecule has 170 valence electrons. The van der Waals surface area contributed by atoms with Crippen LogP contribution in [0.2, 0.25) is 5.02 Å². The number of hydrogen-bond acceptors (Lipinski definition) is 3. The molecule has 32 heavy (non-hydrogen) atoms. The van der Waals surface area contributed by atoms with Gasteiger partial charge >= 0.3 is 12.2 Å². The quantitative estimate of drug-likeness (QED) is 0.578. The predicted octanol–water partition coefficient (Wildman–Crippen LogP) is 3.59. The van der Waals surface area contributed by atoms with Crippen molar-refractivity contribution < 1.29 is 27.6 Å². The van der Waals surface area contributed by atoms with Gasteiger partial charge in [0.2, 0.25) is 5.91 Å². The zero-order chi connectivity index (χ0) is 23.3. The molecule has 3 aliphatic rings. The second kappa shape index (κ2) is 7.65. The van der Waals surface area contributed by atoms with Crippen molar-refractivity contribution in [3.8, 4) is 0 Å².